The summed E-state index contributed by atoms with van der Waals surface area (Å²) in [4.78, 5) is 0. The fourth-order valence-corrected chi connectivity index (χ4v) is 2.06. The van der Waals surface area contributed by atoms with Crippen molar-refractivity contribution in [3.8, 4) is 0 Å². The Labute approximate surface area is 96.0 Å². The van der Waals surface area contributed by atoms with E-state index < -0.39 is 0 Å². The molecular weight excluding hydrogens is 208 g/mol. The van der Waals surface area contributed by atoms with Gasteiger partial charge in [0, 0.05) is 23.3 Å². The number of hydrogen-bond donors (Lipinski definition) is 2. The highest BCUT2D eigenvalue weighted by Gasteiger charge is 2.13. The standard InChI is InChI=1S/C12H17ClN2/c1-9-4-5-10(7-12(9)13)15-8-11-3-2-6-14-11/h4-5,7,11,14-15H,2-3,6,8H2,1H3/t11-/m1/s1. The summed E-state index contributed by atoms with van der Waals surface area (Å²) < 4.78 is 0. The first-order chi connectivity index (χ1) is 7.25. The quantitative estimate of drug-likeness (QED) is 0.825. The lowest BCUT2D eigenvalue weighted by molar-refractivity contribution is 0.633. The van der Waals surface area contributed by atoms with Crippen LogP contribution in [0.15, 0.2) is 18.2 Å². The summed E-state index contributed by atoms with van der Waals surface area (Å²) in [5.74, 6) is 0. The van der Waals surface area contributed by atoms with Gasteiger partial charge in [0.05, 0.1) is 0 Å². The van der Waals surface area contributed by atoms with Gasteiger partial charge in [-0.15, -0.1) is 0 Å². The molecule has 0 aliphatic carbocycles. The molecule has 0 unspecified atom stereocenters. The highest BCUT2D eigenvalue weighted by molar-refractivity contribution is 6.31. The summed E-state index contributed by atoms with van der Waals surface area (Å²) in [6.07, 6.45) is 2.56. The first-order valence-electron chi connectivity index (χ1n) is 5.49. The number of nitrogens with one attached hydrogen (secondary N) is 2. The van der Waals surface area contributed by atoms with Crippen LogP contribution in [0, 0.1) is 6.92 Å². The zero-order valence-electron chi connectivity index (χ0n) is 9.02. The summed E-state index contributed by atoms with van der Waals surface area (Å²) >= 11 is 6.05. The molecule has 1 aromatic carbocycles. The normalized spacial score (nSPS) is 20.5. The first kappa shape index (κ1) is 10.8. The molecule has 1 aliphatic heterocycles. The largest absolute Gasteiger partial charge is 0.383 e. The molecule has 1 aromatic rings. The number of aryl methyl sites for hydroxylation is 1. The fourth-order valence-electron chi connectivity index (χ4n) is 1.87. The van der Waals surface area contributed by atoms with E-state index in [0.29, 0.717) is 6.04 Å². The van der Waals surface area contributed by atoms with Crippen molar-refractivity contribution >= 4 is 17.3 Å². The Hall–Kier alpha value is -0.730. The van der Waals surface area contributed by atoms with Gasteiger partial charge in [-0.3, -0.25) is 0 Å². The van der Waals surface area contributed by atoms with Gasteiger partial charge in [0.25, 0.3) is 0 Å². The van der Waals surface area contributed by atoms with Crippen LogP contribution in [0.25, 0.3) is 0 Å². The van der Waals surface area contributed by atoms with E-state index in [0.717, 1.165) is 29.4 Å². The minimum atomic E-state index is 0.616. The Bertz CT molecular complexity index is 332. The molecular formula is C12H17ClN2. The molecule has 1 saturated heterocycles. The summed E-state index contributed by atoms with van der Waals surface area (Å²) in [6, 6.07) is 6.74. The lowest BCUT2D eigenvalue weighted by Crippen LogP contribution is -2.29. The van der Waals surface area contributed by atoms with Crippen molar-refractivity contribution in [2.75, 3.05) is 18.4 Å². The third kappa shape index (κ3) is 2.86. The van der Waals surface area contributed by atoms with Gasteiger partial charge in [0.15, 0.2) is 0 Å². The van der Waals surface area contributed by atoms with Crippen LogP contribution in [0.3, 0.4) is 0 Å². The predicted molar refractivity (Wildman–Crippen MR) is 65.7 cm³/mol. The predicted octanol–water partition coefficient (Wildman–Crippen LogP) is 2.81. The Kier molecular flexibility index (Phi) is 3.49. The maximum atomic E-state index is 6.05. The monoisotopic (exact) mass is 224 g/mol. The van der Waals surface area contributed by atoms with Gasteiger partial charge in [-0.05, 0) is 44.0 Å². The number of hydrogen-bond acceptors (Lipinski definition) is 2. The van der Waals surface area contributed by atoms with Crippen molar-refractivity contribution in [1.29, 1.82) is 0 Å². The van der Waals surface area contributed by atoms with Crippen molar-refractivity contribution in [2.24, 2.45) is 0 Å². The molecule has 1 aliphatic rings. The molecule has 0 aromatic heterocycles. The topological polar surface area (TPSA) is 24.1 Å². The van der Waals surface area contributed by atoms with E-state index in [-0.39, 0.29) is 0 Å². The van der Waals surface area contributed by atoms with E-state index in [1.54, 1.807) is 0 Å². The first-order valence-corrected chi connectivity index (χ1v) is 5.87. The molecule has 2 rings (SSSR count). The second-order valence-electron chi connectivity index (χ2n) is 4.14. The van der Waals surface area contributed by atoms with E-state index in [9.17, 15) is 0 Å². The third-order valence-electron chi connectivity index (χ3n) is 2.89. The minimum absolute atomic E-state index is 0.616. The van der Waals surface area contributed by atoms with Crippen LogP contribution in [0.4, 0.5) is 5.69 Å². The van der Waals surface area contributed by atoms with Crippen LogP contribution >= 0.6 is 11.6 Å². The van der Waals surface area contributed by atoms with Crippen LogP contribution in [0.1, 0.15) is 18.4 Å². The molecule has 3 heteroatoms. The third-order valence-corrected chi connectivity index (χ3v) is 3.29. The van der Waals surface area contributed by atoms with Crippen LogP contribution < -0.4 is 10.6 Å². The van der Waals surface area contributed by atoms with Gasteiger partial charge in [-0.1, -0.05) is 17.7 Å². The maximum absolute atomic E-state index is 6.05. The Morgan fingerprint density at radius 1 is 1.53 bits per heavy atom. The van der Waals surface area contributed by atoms with Crippen molar-refractivity contribution < 1.29 is 0 Å². The zero-order chi connectivity index (χ0) is 10.7. The van der Waals surface area contributed by atoms with Crippen molar-refractivity contribution in [2.45, 2.75) is 25.8 Å². The fraction of sp³-hybridized carbons (Fsp3) is 0.500. The van der Waals surface area contributed by atoms with E-state index in [4.69, 9.17) is 11.6 Å². The molecule has 0 saturated carbocycles. The van der Waals surface area contributed by atoms with Crippen LogP contribution in [-0.4, -0.2) is 19.1 Å². The van der Waals surface area contributed by atoms with Crippen molar-refractivity contribution in [3.05, 3.63) is 28.8 Å². The van der Waals surface area contributed by atoms with Gasteiger partial charge in [-0.25, -0.2) is 0 Å². The van der Waals surface area contributed by atoms with Crippen LogP contribution in [0.2, 0.25) is 5.02 Å². The lowest BCUT2D eigenvalue weighted by atomic mass is 10.2. The molecule has 15 heavy (non-hydrogen) atoms. The second-order valence-corrected chi connectivity index (χ2v) is 4.55. The van der Waals surface area contributed by atoms with Gasteiger partial charge >= 0.3 is 0 Å². The van der Waals surface area contributed by atoms with Crippen LogP contribution in [0.5, 0.6) is 0 Å². The molecule has 1 heterocycles. The van der Waals surface area contributed by atoms with E-state index in [2.05, 4.69) is 16.7 Å². The van der Waals surface area contributed by atoms with Gasteiger partial charge in [-0.2, -0.15) is 0 Å². The SMILES string of the molecule is Cc1ccc(NC[C@H]2CCCN2)cc1Cl. The van der Waals surface area contributed by atoms with Crippen molar-refractivity contribution in [3.63, 3.8) is 0 Å². The van der Waals surface area contributed by atoms with Gasteiger partial charge in [0.2, 0.25) is 0 Å². The minimum Gasteiger partial charge on any atom is -0.383 e. The Morgan fingerprint density at radius 2 is 2.40 bits per heavy atom. The smallest absolute Gasteiger partial charge is 0.0455 e. The number of rotatable bonds is 3. The summed E-state index contributed by atoms with van der Waals surface area (Å²) in [5, 5.41) is 7.70. The average molecular weight is 225 g/mol. The molecule has 0 bridgehead atoms. The molecule has 0 spiro atoms. The lowest BCUT2D eigenvalue weighted by Gasteiger charge is -2.13. The van der Waals surface area contributed by atoms with Crippen LogP contribution in [-0.2, 0) is 0 Å². The zero-order valence-corrected chi connectivity index (χ0v) is 9.77. The summed E-state index contributed by atoms with van der Waals surface area (Å²) in [7, 11) is 0. The van der Waals surface area contributed by atoms with Gasteiger partial charge in [0.1, 0.15) is 0 Å². The Morgan fingerprint density at radius 3 is 3.07 bits per heavy atom. The average Bonchev–Trinajstić information content (AvgIpc) is 2.73. The molecule has 2 nitrogen and oxygen atoms in total. The molecule has 0 radical (unpaired) electrons. The molecule has 1 fully saturated rings. The molecule has 2 N–H and O–H groups in total. The van der Waals surface area contributed by atoms with Gasteiger partial charge < -0.3 is 10.6 Å². The Balaban J connectivity index is 1.90. The van der Waals surface area contributed by atoms with Crippen molar-refractivity contribution in [1.82, 2.24) is 5.32 Å². The maximum Gasteiger partial charge on any atom is 0.0455 e. The number of anilines is 1. The number of halogens is 1. The summed E-state index contributed by atoms with van der Waals surface area (Å²) in [6.45, 7) is 4.16. The number of benzene rings is 1. The molecule has 82 valence electrons. The molecule has 1 atom stereocenters. The summed E-state index contributed by atoms with van der Waals surface area (Å²) in [5.41, 5.74) is 2.24. The van der Waals surface area contributed by atoms with E-state index >= 15 is 0 Å². The van der Waals surface area contributed by atoms with E-state index in [1.165, 1.54) is 12.8 Å². The van der Waals surface area contributed by atoms with E-state index in [1.807, 2.05) is 19.1 Å². The second kappa shape index (κ2) is 4.86. The highest BCUT2D eigenvalue weighted by Crippen LogP contribution is 2.20. The highest BCUT2D eigenvalue weighted by atomic mass is 35.5. The molecule has 0 amide bonds.